The Bertz CT molecular complexity index is 500. The van der Waals surface area contributed by atoms with Crippen LogP contribution in [-0.2, 0) is 4.74 Å². The summed E-state index contributed by atoms with van der Waals surface area (Å²) in [6.07, 6.45) is 6.81. The summed E-state index contributed by atoms with van der Waals surface area (Å²) in [6, 6.07) is 9.59. The lowest BCUT2D eigenvalue weighted by atomic mass is 9.79. The Morgan fingerprint density at radius 2 is 2.10 bits per heavy atom. The van der Waals surface area contributed by atoms with Crippen molar-refractivity contribution >= 4 is 0 Å². The van der Waals surface area contributed by atoms with Crippen LogP contribution in [0.3, 0.4) is 0 Å². The first-order valence-corrected chi connectivity index (χ1v) is 8.52. The summed E-state index contributed by atoms with van der Waals surface area (Å²) in [7, 11) is 0. The molecule has 0 aromatic heterocycles. The van der Waals surface area contributed by atoms with Crippen molar-refractivity contribution in [2.75, 3.05) is 19.7 Å². The molecule has 1 aromatic carbocycles. The maximum atomic E-state index is 6.53. The van der Waals surface area contributed by atoms with Crippen LogP contribution in [0.4, 0.5) is 0 Å². The van der Waals surface area contributed by atoms with Crippen LogP contribution in [0.5, 0.6) is 0 Å². The standard InChI is InChI=1S/C18H26N2O/c19-18(17-11-20-9-3-8-16(20)12-21-17)15-7-2-6-14(10-15)13-4-1-5-13/h2,6-7,10,13,16-18H,1,3-5,8-9,11-12,19H2. The van der Waals surface area contributed by atoms with E-state index in [1.807, 2.05) is 0 Å². The van der Waals surface area contributed by atoms with Crippen molar-refractivity contribution in [3.05, 3.63) is 35.4 Å². The molecule has 1 aromatic rings. The number of hydrogen-bond acceptors (Lipinski definition) is 3. The van der Waals surface area contributed by atoms with Gasteiger partial charge in [-0.1, -0.05) is 30.7 Å². The van der Waals surface area contributed by atoms with Crippen LogP contribution in [0, 0.1) is 0 Å². The Morgan fingerprint density at radius 3 is 2.90 bits per heavy atom. The van der Waals surface area contributed by atoms with Crippen LogP contribution in [0.1, 0.15) is 55.2 Å². The zero-order valence-electron chi connectivity index (χ0n) is 12.7. The van der Waals surface area contributed by atoms with Crippen LogP contribution in [0.15, 0.2) is 24.3 Å². The monoisotopic (exact) mass is 286 g/mol. The van der Waals surface area contributed by atoms with Crippen molar-refractivity contribution in [1.82, 2.24) is 4.90 Å². The predicted octanol–water partition coefficient (Wildman–Crippen LogP) is 2.82. The lowest BCUT2D eigenvalue weighted by Crippen LogP contribution is -2.49. The molecule has 3 nitrogen and oxygen atoms in total. The number of ether oxygens (including phenoxy) is 1. The summed E-state index contributed by atoms with van der Waals surface area (Å²) in [5.74, 6) is 0.771. The first-order valence-electron chi connectivity index (χ1n) is 8.52. The molecule has 3 unspecified atom stereocenters. The number of morpholine rings is 1. The minimum atomic E-state index is 0.00609. The molecule has 1 aliphatic carbocycles. The summed E-state index contributed by atoms with van der Waals surface area (Å²) in [6.45, 7) is 3.08. The van der Waals surface area contributed by atoms with E-state index in [4.69, 9.17) is 10.5 Å². The summed E-state index contributed by atoms with van der Waals surface area (Å²) >= 11 is 0. The van der Waals surface area contributed by atoms with Gasteiger partial charge >= 0.3 is 0 Å². The van der Waals surface area contributed by atoms with Crippen molar-refractivity contribution in [3.63, 3.8) is 0 Å². The van der Waals surface area contributed by atoms with Gasteiger partial charge < -0.3 is 10.5 Å². The van der Waals surface area contributed by atoms with E-state index in [0.29, 0.717) is 6.04 Å². The lowest BCUT2D eigenvalue weighted by molar-refractivity contribution is -0.0597. The quantitative estimate of drug-likeness (QED) is 0.928. The molecule has 0 spiro atoms. The smallest absolute Gasteiger partial charge is 0.0895 e. The highest BCUT2D eigenvalue weighted by atomic mass is 16.5. The van der Waals surface area contributed by atoms with Crippen molar-refractivity contribution in [2.45, 2.75) is 56.2 Å². The molecule has 3 aliphatic rings. The average molecular weight is 286 g/mol. The number of fused-ring (bicyclic) bond motifs is 1. The molecule has 21 heavy (non-hydrogen) atoms. The Labute approximate surface area is 127 Å². The van der Waals surface area contributed by atoms with Gasteiger partial charge in [0.25, 0.3) is 0 Å². The third-order valence-electron chi connectivity index (χ3n) is 5.69. The third kappa shape index (κ3) is 2.63. The van der Waals surface area contributed by atoms with Gasteiger partial charge in [0, 0.05) is 12.6 Å². The zero-order chi connectivity index (χ0) is 14.2. The van der Waals surface area contributed by atoms with Gasteiger partial charge in [-0.25, -0.2) is 0 Å². The predicted molar refractivity (Wildman–Crippen MR) is 84.3 cm³/mol. The molecule has 0 radical (unpaired) electrons. The third-order valence-corrected chi connectivity index (χ3v) is 5.69. The maximum Gasteiger partial charge on any atom is 0.0895 e. The highest BCUT2D eigenvalue weighted by Crippen LogP contribution is 2.37. The van der Waals surface area contributed by atoms with E-state index >= 15 is 0 Å². The molecule has 2 heterocycles. The lowest BCUT2D eigenvalue weighted by Gasteiger charge is -2.38. The Kier molecular flexibility index (Phi) is 3.74. The van der Waals surface area contributed by atoms with Crippen LogP contribution >= 0.6 is 0 Å². The number of nitrogens with zero attached hydrogens (tertiary/aromatic N) is 1. The molecule has 0 amide bonds. The maximum absolute atomic E-state index is 6.53. The van der Waals surface area contributed by atoms with Crippen molar-refractivity contribution in [1.29, 1.82) is 0 Å². The number of rotatable bonds is 3. The van der Waals surface area contributed by atoms with Gasteiger partial charge in [-0.3, -0.25) is 4.90 Å². The number of nitrogens with two attached hydrogens (primary N) is 1. The second kappa shape index (κ2) is 5.71. The SMILES string of the molecule is NC(c1cccc(C2CCC2)c1)C1CN2CCCC2CO1. The molecular formula is C18H26N2O. The van der Waals surface area contributed by atoms with Gasteiger partial charge in [0.15, 0.2) is 0 Å². The van der Waals surface area contributed by atoms with E-state index in [0.717, 1.165) is 19.1 Å². The van der Waals surface area contributed by atoms with E-state index < -0.39 is 0 Å². The highest BCUT2D eigenvalue weighted by Gasteiger charge is 2.35. The fourth-order valence-corrected chi connectivity index (χ4v) is 4.04. The fourth-order valence-electron chi connectivity index (χ4n) is 4.04. The Balaban J connectivity index is 1.47. The molecule has 2 saturated heterocycles. The zero-order valence-corrected chi connectivity index (χ0v) is 12.7. The van der Waals surface area contributed by atoms with Crippen LogP contribution in [0.2, 0.25) is 0 Å². The van der Waals surface area contributed by atoms with Gasteiger partial charge in [0.2, 0.25) is 0 Å². The van der Waals surface area contributed by atoms with Gasteiger partial charge in [-0.15, -0.1) is 0 Å². The first-order chi connectivity index (χ1) is 10.3. The normalized spacial score (nSPS) is 31.7. The van der Waals surface area contributed by atoms with E-state index in [1.54, 1.807) is 0 Å². The summed E-state index contributed by atoms with van der Waals surface area (Å²) in [5, 5.41) is 0. The Morgan fingerprint density at radius 1 is 1.19 bits per heavy atom. The molecule has 1 saturated carbocycles. The summed E-state index contributed by atoms with van der Waals surface area (Å²) in [4.78, 5) is 2.57. The first kappa shape index (κ1) is 13.7. The summed E-state index contributed by atoms with van der Waals surface area (Å²) < 4.78 is 6.08. The number of hydrogen-bond donors (Lipinski definition) is 1. The highest BCUT2D eigenvalue weighted by molar-refractivity contribution is 5.30. The molecular weight excluding hydrogens is 260 g/mol. The number of benzene rings is 1. The minimum absolute atomic E-state index is 0.00609. The molecule has 4 rings (SSSR count). The van der Waals surface area contributed by atoms with Crippen LogP contribution in [0.25, 0.3) is 0 Å². The summed E-state index contributed by atoms with van der Waals surface area (Å²) in [5.41, 5.74) is 9.26. The fraction of sp³-hybridized carbons (Fsp3) is 0.667. The molecule has 2 N–H and O–H groups in total. The van der Waals surface area contributed by atoms with Gasteiger partial charge in [-0.05, 0) is 49.3 Å². The topological polar surface area (TPSA) is 38.5 Å². The van der Waals surface area contributed by atoms with Crippen LogP contribution in [-0.4, -0.2) is 36.7 Å². The van der Waals surface area contributed by atoms with E-state index in [9.17, 15) is 0 Å². The van der Waals surface area contributed by atoms with Crippen molar-refractivity contribution in [3.8, 4) is 0 Å². The molecule has 3 atom stereocenters. The second-order valence-electron chi connectivity index (χ2n) is 6.99. The van der Waals surface area contributed by atoms with E-state index in [-0.39, 0.29) is 12.1 Å². The second-order valence-corrected chi connectivity index (χ2v) is 6.99. The molecule has 3 fully saturated rings. The van der Waals surface area contributed by atoms with Crippen LogP contribution < -0.4 is 5.73 Å². The van der Waals surface area contributed by atoms with Gasteiger partial charge in [-0.2, -0.15) is 0 Å². The van der Waals surface area contributed by atoms with Gasteiger partial charge in [0.05, 0.1) is 18.8 Å². The average Bonchev–Trinajstić information content (AvgIpc) is 2.92. The van der Waals surface area contributed by atoms with E-state index in [2.05, 4.69) is 29.2 Å². The Hall–Kier alpha value is -0.900. The van der Waals surface area contributed by atoms with E-state index in [1.165, 1.54) is 49.8 Å². The van der Waals surface area contributed by atoms with Crippen molar-refractivity contribution < 1.29 is 4.74 Å². The molecule has 3 heteroatoms. The van der Waals surface area contributed by atoms with Crippen molar-refractivity contribution in [2.24, 2.45) is 5.73 Å². The molecule has 2 aliphatic heterocycles. The molecule has 0 bridgehead atoms. The minimum Gasteiger partial charge on any atom is -0.373 e. The molecule has 114 valence electrons. The largest absolute Gasteiger partial charge is 0.373 e. The van der Waals surface area contributed by atoms with Gasteiger partial charge in [0.1, 0.15) is 0 Å².